The average Bonchev–Trinajstić information content (AvgIpc) is 3.53. The minimum absolute atomic E-state index is 0.0915. The van der Waals surface area contributed by atoms with Crippen LogP contribution in [0.3, 0.4) is 0 Å². The molecule has 6 rings (SSSR count). The summed E-state index contributed by atoms with van der Waals surface area (Å²) in [5, 5.41) is 10.7. The third kappa shape index (κ3) is 6.42. The Morgan fingerprint density at radius 1 is 0.962 bits per heavy atom. The van der Waals surface area contributed by atoms with E-state index >= 15 is 4.79 Å². The molecule has 0 aliphatic carbocycles. The first-order valence-corrected chi connectivity index (χ1v) is 18.6. The first-order valence-electron chi connectivity index (χ1n) is 18.6. The van der Waals surface area contributed by atoms with Gasteiger partial charge in [-0.3, -0.25) is 19.2 Å². The molecule has 52 heavy (non-hydrogen) atoms. The molecule has 8 atom stereocenters. The maximum Gasteiger partial charge on any atom is 0.313 e. The number of amides is 3. The summed E-state index contributed by atoms with van der Waals surface area (Å²) in [6.45, 7) is 11.4. The molecule has 11 nitrogen and oxygen atoms in total. The Morgan fingerprint density at radius 2 is 1.65 bits per heavy atom. The number of esters is 1. The quantitative estimate of drug-likeness (QED) is 0.314. The average molecular weight is 713 g/mol. The van der Waals surface area contributed by atoms with Gasteiger partial charge in [-0.05, 0) is 62.9 Å². The number of carbonyl (C=O) groups excluding carboxylic acids is 4. The molecular formula is C41H52N4O7. The third-order valence-corrected chi connectivity index (χ3v) is 11.5. The highest BCUT2D eigenvalue weighted by Crippen LogP contribution is 2.54. The number of cyclic esters (lactones) is 1. The molecule has 2 aromatic carbocycles. The van der Waals surface area contributed by atoms with E-state index in [9.17, 15) is 19.5 Å². The number of aliphatic hydroxyl groups excluding tert-OH is 1. The number of likely N-dealkylation sites (tertiary alicyclic amines) is 1. The minimum Gasteiger partial charge on any atom is -0.455 e. The lowest BCUT2D eigenvalue weighted by molar-refractivity contribution is -0.164. The monoisotopic (exact) mass is 712 g/mol. The molecule has 2 aromatic rings. The van der Waals surface area contributed by atoms with Crippen LogP contribution in [0.2, 0.25) is 0 Å². The molecule has 4 heterocycles. The maximum absolute atomic E-state index is 15.0. The maximum atomic E-state index is 15.0. The van der Waals surface area contributed by atoms with Crippen molar-refractivity contribution in [3.05, 3.63) is 84.5 Å². The fraction of sp³-hybridized carbons (Fsp3) is 0.512. The number of allylic oxidation sites excluding steroid dienone is 1. The van der Waals surface area contributed by atoms with E-state index in [4.69, 9.17) is 9.47 Å². The Kier molecular flexibility index (Phi) is 10.9. The first-order chi connectivity index (χ1) is 25.0. The summed E-state index contributed by atoms with van der Waals surface area (Å²) < 4.78 is 13.3. The number of ether oxygens (including phenoxy) is 2. The van der Waals surface area contributed by atoms with E-state index < -0.39 is 59.6 Å². The number of likely N-dealkylation sites (N-methyl/N-ethyl adjacent to an activating group) is 1. The van der Waals surface area contributed by atoms with E-state index in [-0.39, 0.29) is 37.3 Å². The number of rotatable bonds is 8. The van der Waals surface area contributed by atoms with Crippen molar-refractivity contribution in [1.82, 2.24) is 9.80 Å². The van der Waals surface area contributed by atoms with E-state index in [1.165, 1.54) is 4.90 Å². The van der Waals surface area contributed by atoms with Gasteiger partial charge in [0.1, 0.15) is 23.7 Å². The summed E-state index contributed by atoms with van der Waals surface area (Å²) in [5.74, 6) is -3.94. The first kappa shape index (κ1) is 37.3. The van der Waals surface area contributed by atoms with E-state index in [1.807, 2.05) is 87.5 Å². The molecule has 0 aromatic heterocycles. The van der Waals surface area contributed by atoms with Crippen LogP contribution < -0.4 is 9.80 Å². The summed E-state index contributed by atoms with van der Waals surface area (Å²) in [7, 11) is 1.71. The van der Waals surface area contributed by atoms with Gasteiger partial charge in [-0.25, -0.2) is 0 Å². The Morgan fingerprint density at radius 3 is 2.29 bits per heavy atom. The van der Waals surface area contributed by atoms with Gasteiger partial charge < -0.3 is 34.2 Å². The lowest BCUT2D eigenvalue weighted by atomic mass is 9.77. The van der Waals surface area contributed by atoms with Crippen LogP contribution in [0.5, 0.6) is 0 Å². The fourth-order valence-corrected chi connectivity index (χ4v) is 8.47. The van der Waals surface area contributed by atoms with Gasteiger partial charge in [-0.1, -0.05) is 68.5 Å². The third-order valence-electron chi connectivity index (χ3n) is 11.5. The number of hydrogen-bond acceptors (Lipinski definition) is 8. The molecule has 0 unspecified atom stereocenters. The van der Waals surface area contributed by atoms with Crippen molar-refractivity contribution in [3.63, 3.8) is 0 Å². The van der Waals surface area contributed by atoms with Crippen LogP contribution in [-0.2, 0) is 28.7 Å². The zero-order valence-electron chi connectivity index (χ0n) is 31.1. The van der Waals surface area contributed by atoms with E-state index in [0.717, 1.165) is 18.8 Å². The lowest BCUT2D eigenvalue weighted by Gasteiger charge is -2.40. The van der Waals surface area contributed by atoms with Crippen LogP contribution in [-0.4, -0.2) is 102 Å². The number of benzene rings is 2. The molecule has 3 amide bonds. The smallest absolute Gasteiger partial charge is 0.313 e. The number of nitrogens with zero attached hydrogens (tertiary/aromatic N) is 4. The van der Waals surface area contributed by atoms with Gasteiger partial charge in [0, 0.05) is 44.5 Å². The second kappa shape index (κ2) is 15.2. The number of anilines is 2. The number of fused-ring (bicyclic) bond motifs is 2. The van der Waals surface area contributed by atoms with Crippen molar-refractivity contribution >= 4 is 35.1 Å². The lowest BCUT2D eigenvalue weighted by Crippen LogP contribution is -2.59. The van der Waals surface area contributed by atoms with Crippen LogP contribution in [0.1, 0.15) is 59.1 Å². The van der Waals surface area contributed by atoms with Crippen molar-refractivity contribution in [2.75, 3.05) is 43.1 Å². The molecule has 4 aliphatic heterocycles. The molecular weight excluding hydrogens is 660 g/mol. The fourth-order valence-electron chi connectivity index (χ4n) is 8.47. The highest BCUT2D eigenvalue weighted by Gasteiger charge is 2.72. The molecule has 2 fully saturated rings. The highest BCUT2D eigenvalue weighted by molar-refractivity contribution is 6.05. The van der Waals surface area contributed by atoms with Gasteiger partial charge in [-0.2, -0.15) is 0 Å². The van der Waals surface area contributed by atoms with Gasteiger partial charge in [0.05, 0.1) is 30.7 Å². The van der Waals surface area contributed by atoms with Crippen LogP contribution in [0.4, 0.5) is 11.4 Å². The molecule has 1 spiro atoms. The Labute approximate surface area is 306 Å². The zero-order valence-corrected chi connectivity index (χ0v) is 31.1. The van der Waals surface area contributed by atoms with Crippen LogP contribution in [0.25, 0.3) is 0 Å². The summed E-state index contributed by atoms with van der Waals surface area (Å²) >= 11 is 0. The molecule has 11 heteroatoms. The van der Waals surface area contributed by atoms with Gasteiger partial charge in [-0.15, -0.1) is 0 Å². The molecule has 0 bridgehead atoms. The minimum atomic E-state index is -1.52. The summed E-state index contributed by atoms with van der Waals surface area (Å²) in [5.41, 5.74) is 0.897. The summed E-state index contributed by atoms with van der Waals surface area (Å²) in [6.07, 6.45) is 6.09. The zero-order chi connectivity index (χ0) is 37.3. The molecule has 0 radical (unpaired) electrons. The van der Waals surface area contributed by atoms with Gasteiger partial charge in [0.2, 0.25) is 11.8 Å². The van der Waals surface area contributed by atoms with Crippen molar-refractivity contribution in [1.29, 1.82) is 0 Å². The second-order valence-corrected chi connectivity index (χ2v) is 14.6. The van der Waals surface area contributed by atoms with E-state index in [1.54, 1.807) is 29.0 Å². The highest BCUT2D eigenvalue weighted by atomic mass is 16.6. The number of hydrogen-bond donors (Lipinski definition) is 1. The van der Waals surface area contributed by atoms with E-state index in [0.29, 0.717) is 17.7 Å². The van der Waals surface area contributed by atoms with Gasteiger partial charge >= 0.3 is 5.97 Å². The topological polar surface area (TPSA) is 120 Å². The summed E-state index contributed by atoms with van der Waals surface area (Å²) in [6, 6.07) is 14.7. The number of carbonyl (C=O) groups is 4. The Balaban J connectivity index is 1.45. The molecule has 1 N–H and O–H groups in total. The molecule has 0 saturated carbocycles. The molecule has 2 saturated heterocycles. The Hall–Kier alpha value is -4.48. The van der Waals surface area contributed by atoms with Crippen molar-refractivity contribution in [3.8, 4) is 0 Å². The largest absolute Gasteiger partial charge is 0.455 e. The Bertz CT molecular complexity index is 1690. The second-order valence-electron chi connectivity index (χ2n) is 14.6. The van der Waals surface area contributed by atoms with Crippen molar-refractivity contribution in [2.24, 2.45) is 17.8 Å². The van der Waals surface area contributed by atoms with Crippen molar-refractivity contribution < 1.29 is 33.8 Å². The normalized spacial score (nSPS) is 30.6. The van der Waals surface area contributed by atoms with Crippen molar-refractivity contribution in [2.45, 2.75) is 83.4 Å². The van der Waals surface area contributed by atoms with Gasteiger partial charge in [0.25, 0.3) is 5.91 Å². The SMILES string of the molecule is CCN(CC)c1ccc(N2CC=C[C@]34O[C@@H]5/C=C\CCC(=O)N(C)[C@H](C)[C@@H](c6ccccc6)OC(=O)[C@@H]5[C@H]3C(=O)N([C@@H](CO)C(C)C)[C@@H]4C2=O)cc1. The molecule has 4 aliphatic rings. The van der Waals surface area contributed by atoms with E-state index in [2.05, 4.69) is 18.7 Å². The predicted octanol–water partition coefficient (Wildman–Crippen LogP) is 4.51. The van der Waals surface area contributed by atoms with Crippen LogP contribution >= 0.6 is 0 Å². The van der Waals surface area contributed by atoms with Crippen LogP contribution in [0.15, 0.2) is 78.9 Å². The van der Waals surface area contributed by atoms with Crippen LogP contribution in [0, 0.1) is 17.8 Å². The summed E-state index contributed by atoms with van der Waals surface area (Å²) in [4.78, 5) is 64.8. The number of aliphatic hydroxyl groups is 1. The molecule has 278 valence electrons. The van der Waals surface area contributed by atoms with Gasteiger partial charge in [0.15, 0.2) is 0 Å². The predicted molar refractivity (Wildman–Crippen MR) is 198 cm³/mol. The standard InChI is InChI=1S/C41H52N4O7/c1-7-43(8-2)29-19-21-30(22-20-29)44-24-14-23-41-35(38(48)45(37(41)39(44)49)31(25-46)26(3)4)34-32(52-41)17-12-13-18-33(47)42(6)27(5)36(51-40(34)50)28-15-10-9-11-16-28/h9-12,14-17,19-23,26-27,31-32,34-37,46H,7-8,13,18,24-25H2,1-6H3/b17-12-/t27-,31+,32-,34+,35+,36+,37-,41+/m1/s1.